The summed E-state index contributed by atoms with van der Waals surface area (Å²) in [5.74, 6) is 1.05. The SMILES string of the molecule is CC(=O)C(Oc1ccc(B2OC(C)(C)C(C)(C)O2)cc1)c1ccc(C(C)C)cc1. The predicted molar refractivity (Wildman–Crippen MR) is 117 cm³/mol. The molecular weight excluding hydrogens is 363 g/mol. The van der Waals surface area contributed by atoms with E-state index in [4.69, 9.17) is 14.0 Å². The molecule has 1 heterocycles. The summed E-state index contributed by atoms with van der Waals surface area (Å²) in [5.41, 5.74) is 2.26. The Labute approximate surface area is 174 Å². The molecule has 1 aliphatic heterocycles. The Kier molecular flexibility index (Phi) is 5.93. The number of Topliss-reactive ketones (excluding diaryl/α,β-unsaturated/α-hetero) is 1. The molecule has 2 aromatic rings. The normalized spacial score (nSPS) is 18.7. The molecule has 1 saturated heterocycles. The highest BCUT2D eigenvalue weighted by atomic mass is 16.7. The summed E-state index contributed by atoms with van der Waals surface area (Å²) in [7, 11) is -0.416. The molecule has 0 radical (unpaired) electrons. The summed E-state index contributed by atoms with van der Waals surface area (Å²) in [5, 5.41) is 0. The van der Waals surface area contributed by atoms with Crippen LogP contribution in [0.4, 0.5) is 0 Å². The molecular formula is C24H31BO4. The molecule has 3 rings (SSSR count). The van der Waals surface area contributed by atoms with Crippen molar-refractivity contribution < 1.29 is 18.8 Å². The lowest BCUT2D eigenvalue weighted by Crippen LogP contribution is -2.41. The third kappa shape index (κ3) is 4.57. The third-order valence-electron chi connectivity index (χ3n) is 5.93. The van der Waals surface area contributed by atoms with Crippen LogP contribution in [-0.4, -0.2) is 24.1 Å². The van der Waals surface area contributed by atoms with E-state index in [1.807, 2.05) is 64.1 Å². The van der Waals surface area contributed by atoms with Crippen molar-refractivity contribution in [3.63, 3.8) is 0 Å². The van der Waals surface area contributed by atoms with Crippen molar-refractivity contribution in [2.24, 2.45) is 0 Å². The Bertz CT molecular complexity index is 837. The largest absolute Gasteiger partial charge is 0.494 e. The van der Waals surface area contributed by atoms with Gasteiger partial charge >= 0.3 is 7.12 Å². The molecule has 0 saturated carbocycles. The first-order chi connectivity index (χ1) is 13.5. The molecule has 2 aromatic carbocycles. The third-order valence-corrected chi connectivity index (χ3v) is 5.93. The Morgan fingerprint density at radius 2 is 1.34 bits per heavy atom. The molecule has 1 aliphatic rings. The molecule has 0 spiro atoms. The van der Waals surface area contributed by atoms with Crippen molar-refractivity contribution in [2.45, 2.75) is 71.7 Å². The zero-order valence-corrected chi connectivity index (χ0v) is 18.5. The van der Waals surface area contributed by atoms with Gasteiger partial charge in [0.15, 0.2) is 11.9 Å². The maximum absolute atomic E-state index is 12.2. The summed E-state index contributed by atoms with van der Waals surface area (Å²) < 4.78 is 18.2. The quantitative estimate of drug-likeness (QED) is 0.659. The molecule has 154 valence electrons. The zero-order valence-electron chi connectivity index (χ0n) is 18.5. The number of carbonyl (C=O) groups excluding carboxylic acids is 1. The minimum atomic E-state index is -0.626. The fourth-order valence-corrected chi connectivity index (χ4v) is 3.26. The highest BCUT2D eigenvalue weighted by Gasteiger charge is 2.51. The number of benzene rings is 2. The van der Waals surface area contributed by atoms with Crippen LogP contribution in [0, 0.1) is 0 Å². The van der Waals surface area contributed by atoms with E-state index >= 15 is 0 Å². The average Bonchev–Trinajstić information content (AvgIpc) is 2.87. The molecule has 1 unspecified atom stereocenters. The first-order valence-electron chi connectivity index (χ1n) is 10.2. The maximum atomic E-state index is 12.2. The lowest BCUT2D eigenvalue weighted by molar-refractivity contribution is -0.123. The Balaban J connectivity index is 1.74. The minimum Gasteiger partial charge on any atom is -0.478 e. The van der Waals surface area contributed by atoms with Crippen molar-refractivity contribution in [3.8, 4) is 5.75 Å². The van der Waals surface area contributed by atoms with Crippen LogP contribution in [0.2, 0.25) is 0 Å². The first-order valence-corrected chi connectivity index (χ1v) is 10.2. The molecule has 1 atom stereocenters. The Morgan fingerprint density at radius 3 is 1.79 bits per heavy atom. The van der Waals surface area contributed by atoms with Gasteiger partial charge in [0.1, 0.15) is 5.75 Å². The highest BCUT2D eigenvalue weighted by molar-refractivity contribution is 6.62. The van der Waals surface area contributed by atoms with Gasteiger partial charge in [0.05, 0.1) is 11.2 Å². The van der Waals surface area contributed by atoms with Crippen molar-refractivity contribution in [1.29, 1.82) is 0 Å². The van der Waals surface area contributed by atoms with Crippen LogP contribution in [0.1, 0.15) is 71.6 Å². The van der Waals surface area contributed by atoms with Crippen molar-refractivity contribution in [1.82, 2.24) is 0 Å². The van der Waals surface area contributed by atoms with E-state index in [0.29, 0.717) is 11.7 Å². The average molecular weight is 394 g/mol. The van der Waals surface area contributed by atoms with Gasteiger partial charge in [-0.05, 0) is 69.3 Å². The molecule has 0 N–H and O–H groups in total. The first kappa shape index (κ1) is 21.6. The number of hydrogen-bond donors (Lipinski definition) is 0. The number of hydrogen-bond acceptors (Lipinski definition) is 4. The van der Waals surface area contributed by atoms with E-state index < -0.39 is 13.2 Å². The molecule has 1 fully saturated rings. The second-order valence-corrected chi connectivity index (χ2v) is 9.09. The molecule has 5 heteroatoms. The van der Waals surface area contributed by atoms with Gasteiger partial charge in [-0.15, -0.1) is 0 Å². The highest BCUT2D eigenvalue weighted by Crippen LogP contribution is 2.36. The van der Waals surface area contributed by atoms with Crippen molar-refractivity contribution in [2.75, 3.05) is 0 Å². The van der Waals surface area contributed by atoms with Gasteiger partial charge < -0.3 is 14.0 Å². The van der Waals surface area contributed by atoms with Crippen LogP contribution in [0.25, 0.3) is 0 Å². The molecule has 0 aromatic heterocycles. The fraction of sp³-hybridized carbons (Fsp3) is 0.458. The topological polar surface area (TPSA) is 44.8 Å². The summed E-state index contributed by atoms with van der Waals surface area (Å²) in [6.45, 7) is 14.0. The van der Waals surface area contributed by atoms with E-state index in [1.165, 1.54) is 5.56 Å². The van der Waals surface area contributed by atoms with Gasteiger partial charge in [-0.1, -0.05) is 50.2 Å². The monoisotopic (exact) mass is 394 g/mol. The van der Waals surface area contributed by atoms with Gasteiger partial charge in [0.25, 0.3) is 0 Å². The van der Waals surface area contributed by atoms with E-state index in [1.54, 1.807) is 6.92 Å². The second-order valence-electron chi connectivity index (χ2n) is 9.09. The van der Waals surface area contributed by atoms with Crippen LogP contribution in [0.5, 0.6) is 5.75 Å². The molecule has 4 nitrogen and oxygen atoms in total. The second kappa shape index (κ2) is 7.96. The Morgan fingerprint density at radius 1 is 0.862 bits per heavy atom. The molecule has 0 amide bonds. The van der Waals surface area contributed by atoms with E-state index in [2.05, 4.69) is 26.0 Å². The van der Waals surface area contributed by atoms with Crippen molar-refractivity contribution in [3.05, 3.63) is 59.7 Å². The van der Waals surface area contributed by atoms with E-state index in [9.17, 15) is 4.79 Å². The van der Waals surface area contributed by atoms with Gasteiger partial charge in [0.2, 0.25) is 0 Å². The fourth-order valence-electron chi connectivity index (χ4n) is 3.26. The molecule has 29 heavy (non-hydrogen) atoms. The zero-order chi connectivity index (χ0) is 21.4. The number of rotatable bonds is 6. The summed E-state index contributed by atoms with van der Waals surface area (Å²) in [4.78, 5) is 12.2. The number of carbonyl (C=O) groups is 1. The lowest BCUT2D eigenvalue weighted by atomic mass is 9.79. The van der Waals surface area contributed by atoms with Gasteiger partial charge in [0, 0.05) is 0 Å². The van der Waals surface area contributed by atoms with Crippen LogP contribution in [0.15, 0.2) is 48.5 Å². The summed E-state index contributed by atoms with van der Waals surface area (Å²) in [6, 6.07) is 15.6. The van der Waals surface area contributed by atoms with Gasteiger partial charge in [-0.2, -0.15) is 0 Å². The van der Waals surface area contributed by atoms with E-state index in [-0.39, 0.29) is 17.0 Å². The molecule has 0 bridgehead atoms. The van der Waals surface area contributed by atoms with Crippen LogP contribution in [0.3, 0.4) is 0 Å². The summed E-state index contributed by atoms with van der Waals surface area (Å²) in [6.07, 6.45) is -0.626. The smallest absolute Gasteiger partial charge is 0.478 e. The van der Waals surface area contributed by atoms with E-state index in [0.717, 1.165) is 11.0 Å². The molecule has 0 aliphatic carbocycles. The lowest BCUT2D eigenvalue weighted by Gasteiger charge is -2.32. The Hall–Kier alpha value is -2.11. The standard InChI is InChI=1S/C24H31BO4/c1-16(2)18-8-10-19(11-9-18)22(17(3)26)27-21-14-12-20(13-15-21)25-28-23(4,5)24(6,7)29-25/h8-16,22H,1-7H3. The number of ketones is 1. The number of ether oxygens (including phenoxy) is 1. The van der Waals surface area contributed by atoms with Crippen molar-refractivity contribution >= 4 is 18.4 Å². The van der Waals surface area contributed by atoms with Crippen LogP contribution >= 0.6 is 0 Å². The van der Waals surface area contributed by atoms with Crippen LogP contribution in [-0.2, 0) is 14.1 Å². The van der Waals surface area contributed by atoms with Gasteiger partial charge in [-0.3, -0.25) is 4.79 Å². The maximum Gasteiger partial charge on any atom is 0.494 e. The minimum absolute atomic E-state index is 0.0302. The van der Waals surface area contributed by atoms with Crippen LogP contribution < -0.4 is 10.2 Å². The predicted octanol–water partition coefficient (Wildman–Crippen LogP) is 4.82. The van der Waals surface area contributed by atoms with Gasteiger partial charge in [-0.25, -0.2) is 0 Å². The summed E-state index contributed by atoms with van der Waals surface area (Å²) >= 11 is 0.